The molecular formula is C13H17N3O4. The quantitative estimate of drug-likeness (QED) is 0.552. The van der Waals surface area contributed by atoms with Crippen molar-refractivity contribution >= 4 is 17.9 Å². The molecule has 0 unspecified atom stereocenters. The van der Waals surface area contributed by atoms with Gasteiger partial charge in [0.05, 0.1) is 6.61 Å². The molecule has 0 aliphatic carbocycles. The van der Waals surface area contributed by atoms with E-state index in [9.17, 15) is 14.4 Å². The van der Waals surface area contributed by atoms with Crippen molar-refractivity contribution in [2.24, 2.45) is 0 Å². The lowest BCUT2D eigenvalue weighted by atomic mass is 10.1. The minimum absolute atomic E-state index is 0.242. The molecule has 1 rings (SSSR count). The third-order valence-electron chi connectivity index (χ3n) is 2.30. The second-order valence-electron chi connectivity index (χ2n) is 3.93. The van der Waals surface area contributed by atoms with Crippen molar-refractivity contribution in [3.63, 3.8) is 0 Å². The van der Waals surface area contributed by atoms with Gasteiger partial charge < -0.3 is 10.1 Å². The summed E-state index contributed by atoms with van der Waals surface area (Å²) in [4.78, 5) is 33.9. The molecule has 0 fully saturated rings. The molecule has 0 bridgehead atoms. The maximum absolute atomic E-state index is 11.7. The van der Waals surface area contributed by atoms with E-state index in [2.05, 4.69) is 20.9 Å². The van der Waals surface area contributed by atoms with E-state index in [1.54, 1.807) is 31.2 Å². The van der Waals surface area contributed by atoms with Gasteiger partial charge in [-0.1, -0.05) is 17.7 Å². The van der Waals surface area contributed by atoms with Crippen molar-refractivity contribution < 1.29 is 19.1 Å². The highest BCUT2D eigenvalue weighted by Crippen LogP contribution is 2.02. The molecule has 0 aliphatic heterocycles. The molecule has 108 valence electrons. The second-order valence-corrected chi connectivity index (χ2v) is 3.93. The Morgan fingerprint density at radius 2 is 1.75 bits per heavy atom. The van der Waals surface area contributed by atoms with E-state index in [4.69, 9.17) is 0 Å². The van der Waals surface area contributed by atoms with Crippen LogP contribution in [0.4, 0.5) is 4.79 Å². The molecule has 0 heterocycles. The summed E-state index contributed by atoms with van der Waals surface area (Å²) >= 11 is 0. The van der Waals surface area contributed by atoms with E-state index in [0.717, 1.165) is 5.56 Å². The van der Waals surface area contributed by atoms with E-state index in [0.29, 0.717) is 5.56 Å². The van der Waals surface area contributed by atoms with Crippen LogP contribution in [0.15, 0.2) is 24.3 Å². The molecule has 7 heteroatoms. The highest BCUT2D eigenvalue weighted by molar-refractivity contribution is 5.95. The fraction of sp³-hybridized carbons (Fsp3) is 0.308. The van der Waals surface area contributed by atoms with Crippen LogP contribution in [0.2, 0.25) is 0 Å². The van der Waals surface area contributed by atoms with E-state index in [1.165, 1.54) is 0 Å². The van der Waals surface area contributed by atoms with Gasteiger partial charge in [0, 0.05) is 5.56 Å². The summed E-state index contributed by atoms with van der Waals surface area (Å²) < 4.78 is 4.63. The Labute approximate surface area is 116 Å². The average Bonchev–Trinajstić information content (AvgIpc) is 2.43. The van der Waals surface area contributed by atoms with Gasteiger partial charge in [0.2, 0.25) is 0 Å². The molecule has 0 atom stereocenters. The van der Waals surface area contributed by atoms with E-state index < -0.39 is 17.9 Å². The number of carbonyl (C=O) groups is 3. The molecule has 0 radical (unpaired) electrons. The zero-order valence-electron chi connectivity index (χ0n) is 11.4. The fourth-order valence-corrected chi connectivity index (χ4v) is 1.30. The number of amides is 3. The maximum Gasteiger partial charge on any atom is 0.333 e. The van der Waals surface area contributed by atoms with Crippen LogP contribution in [0.5, 0.6) is 0 Å². The first-order valence-electron chi connectivity index (χ1n) is 6.09. The predicted octanol–water partition coefficient (Wildman–Crippen LogP) is 0.502. The summed E-state index contributed by atoms with van der Waals surface area (Å²) in [7, 11) is 0. The van der Waals surface area contributed by atoms with Crippen LogP contribution < -0.4 is 16.2 Å². The Morgan fingerprint density at radius 3 is 2.35 bits per heavy atom. The normalized spacial score (nSPS) is 9.50. The lowest BCUT2D eigenvalue weighted by Crippen LogP contribution is -2.48. The third kappa shape index (κ3) is 5.38. The van der Waals surface area contributed by atoms with Gasteiger partial charge in [-0.3, -0.25) is 15.0 Å². The lowest BCUT2D eigenvalue weighted by molar-refractivity contribution is -0.141. The minimum atomic E-state index is -0.696. The largest absolute Gasteiger partial charge is 0.465 e. The minimum Gasteiger partial charge on any atom is -0.465 e. The summed E-state index contributed by atoms with van der Waals surface area (Å²) in [5, 5.41) is 2.24. The molecule has 1 aromatic carbocycles. The number of hydrogen-bond acceptors (Lipinski definition) is 4. The second kappa shape index (κ2) is 7.78. The summed E-state index contributed by atoms with van der Waals surface area (Å²) in [6, 6.07) is 6.16. The molecule has 0 spiro atoms. The van der Waals surface area contributed by atoms with Crippen molar-refractivity contribution in [3.05, 3.63) is 35.4 Å². The number of hydrogen-bond donors (Lipinski definition) is 3. The third-order valence-corrected chi connectivity index (χ3v) is 2.30. The summed E-state index contributed by atoms with van der Waals surface area (Å²) in [6.07, 6.45) is 0. The van der Waals surface area contributed by atoms with Crippen molar-refractivity contribution in [2.75, 3.05) is 13.2 Å². The van der Waals surface area contributed by atoms with Gasteiger partial charge in [0.25, 0.3) is 5.91 Å². The average molecular weight is 279 g/mol. The zero-order chi connectivity index (χ0) is 15.0. The first kappa shape index (κ1) is 15.5. The van der Waals surface area contributed by atoms with Crippen molar-refractivity contribution in [1.29, 1.82) is 0 Å². The molecule has 0 saturated carbocycles. The maximum atomic E-state index is 11.7. The molecule has 3 N–H and O–H groups in total. The van der Waals surface area contributed by atoms with E-state index >= 15 is 0 Å². The number of aryl methyl sites for hydroxylation is 1. The first-order chi connectivity index (χ1) is 9.52. The molecule has 7 nitrogen and oxygen atoms in total. The standard InChI is InChI=1S/C13H17N3O4/c1-3-20-11(17)8-14-13(19)16-15-12(18)10-6-4-9(2)5-7-10/h4-7H,3,8H2,1-2H3,(H,15,18)(H2,14,16,19). The first-order valence-corrected chi connectivity index (χ1v) is 6.09. The van der Waals surface area contributed by atoms with Gasteiger partial charge in [-0.25, -0.2) is 10.2 Å². The Kier molecular flexibility index (Phi) is 6.02. The predicted molar refractivity (Wildman–Crippen MR) is 71.8 cm³/mol. The van der Waals surface area contributed by atoms with Crippen molar-refractivity contribution in [3.8, 4) is 0 Å². The van der Waals surface area contributed by atoms with Gasteiger partial charge in [-0.2, -0.15) is 0 Å². The van der Waals surface area contributed by atoms with Crippen LogP contribution in [0.3, 0.4) is 0 Å². The summed E-state index contributed by atoms with van der Waals surface area (Å²) in [6.45, 7) is 3.55. The highest BCUT2D eigenvalue weighted by atomic mass is 16.5. The van der Waals surface area contributed by atoms with Crippen LogP contribution >= 0.6 is 0 Å². The highest BCUT2D eigenvalue weighted by Gasteiger charge is 2.08. The number of rotatable bonds is 4. The zero-order valence-corrected chi connectivity index (χ0v) is 11.4. The number of nitrogens with one attached hydrogen (secondary N) is 3. The van der Waals surface area contributed by atoms with E-state index in [-0.39, 0.29) is 13.2 Å². The number of hydrazine groups is 1. The smallest absolute Gasteiger partial charge is 0.333 e. The van der Waals surface area contributed by atoms with Crippen LogP contribution in [-0.2, 0) is 9.53 Å². The molecule has 0 aromatic heterocycles. The van der Waals surface area contributed by atoms with Gasteiger partial charge in [0.15, 0.2) is 0 Å². The SMILES string of the molecule is CCOC(=O)CNC(=O)NNC(=O)c1ccc(C)cc1. The van der Waals surface area contributed by atoms with Crippen molar-refractivity contribution in [1.82, 2.24) is 16.2 Å². The van der Waals surface area contributed by atoms with Crippen LogP contribution in [-0.4, -0.2) is 31.1 Å². The number of urea groups is 1. The number of benzene rings is 1. The van der Waals surface area contributed by atoms with Gasteiger partial charge in [-0.05, 0) is 26.0 Å². The molecule has 0 saturated heterocycles. The Balaban J connectivity index is 2.32. The monoisotopic (exact) mass is 279 g/mol. The van der Waals surface area contributed by atoms with Gasteiger partial charge >= 0.3 is 12.0 Å². The number of ether oxygens (including phenoxy) is 1. The van der Waals surface area contributed by atoms with Gasteiger partial charge in [-0.15, -0.1) is 0 Å². The Hall–Kier alpha value is -2.57. The Morgan fingerprint density at radius 1 is 1.10 bits per heavy atom. The molecular weight excluding hydrogens is 262 g/mol. The molecule has 20 heavy (non-hydrogen) atoms. The van der Waals surface area contributed by atoms with Crippen LogP contribution in [0.1, 0.15) is 22.8 Å². The molecule has 1 aromatic rings. The summed E-state index contributed by atoms with van der Waals surface area (Å²) in [5.41, 5.74) is 5.80. The van der Waals surface area contributed by atoms with E-state index in [1.807, 2.05) is 6.92 Å². The van der Waals surface area contributed by atoms with Crippen LogP contribution in [0.25, 0.3) is 0 Å². The number of esters is 1. The van der Waals surface area contributed by atoms with Gasteiger partial charge in [0.1, 0.15) is 6.54 Å². The fourth-order valence-electron chi connectivity index (χ4n) is 1.30. The van der Waals surface area contributed by atoms with Crippen molar-refractivity contribution in [2.45, 2.75) is 13.8 Å². The summed E-state index contributed by atoms with van der Waals surface area (Å²) in [5.74, 6) is -0.996. The topological polar surface area (TPSA) is 96.5 Å². The molecule has 0 aliphatic rings. The lowest BCUT2D eigenvalue weighted by Gasteiger charge is -2.08. The van der Waals surface area contributed by atoms with Crippen LogP contribution in [0, 0.1) is 6.92 Å². The number of carbonyl (C=O) groups excluding carboxylic acids is 3. The molecule has 3 amide bonds. The Bertz CT molecular complexity index is 485.